The highest BCUT2D eigenvalue weighted by Crippen LogP contribution is 2.31. The standard InChI is InChI=1S/C29H27N5O4/c1-18-8-9-19(29(35)38-4)12-25(18)34-16-21(15-33-34)23-6-5-7-24-27(23)31-17-32-28(24)30-14-20-10-11-22(36-2)13-26(20)37-3/h5-13,15-17H,14H2,1-4H3,(H,30,31,32). The Labute approximate surface area is 220 Å². The molecule has 0 spiro atoms. The fraction of sp³-hybridized carbons (Fsp3) is 0.172. The smallest absolute Gasteiger partial charge is 0.337 e. The lowest BCUT2D eigenvalue weighted by Gasteiger charge is -2.13. The molecule has 2 heterocycles. The van der Waals surface area contributed by atoms with Gasteiger partial charge in [-0.15, -0.1) is 0 Å². The number of methoxy groups -OCH3 is 3. The summed E-state index contributed by atoms with van der Waals surface area (Å²) >= 11 is 0. The molecule has 2 aromatic heterocycles. The monoisotopic (exact) mass is 509 g/mol. The summed E-state index contributed by atoms with van der Waals surface area (Å²) in [4.78, 5) is 21.1. The summed E-state index contributed by atoms with van der Waals surface area (Å²) in [7, 11) is 4.63. The van der Waals surface area contributed by atoms with Crippen LogP contribution in [0.1, 0.15) is 21.5 Å². The highest BCUT2D eigenvalue weighted by molar-refractivity contribution is 5.98. The first-order valence-electron chi connectivity index (χ1n) is 11.9. The number of carbonyl (C=O) groups excluding carboxylic acids is 1. The summed E-state index contributed by atoms with van der Waals surface area (Å²) in [5.74, 6) is 1.78. The second-order valence-electron chi connectivity index (χ2n) is 8.62. The molecule has 0 bridgehead atoms. The molecule has 0 saturated carbocycles. The molecule has 9 nitrogen and oxygen atoms in total. The number of esters is 1. The van der Waals surface area contributed by atoms with Crippen molar-refractivity contribution in [3.8, 4) is 28.3 Å². The Balaban J connectivity index is 1.47. The van der Waals surface area contributed by atoms with Gasteiger partial charge in [-0.2, -0.15) is 5.10 Å². The Kier molecular flexibility index (Phi) is 6.90. The number of para-hydroxylation sites is 1. The van der Waals surface area contributed by atoms with E-state index in [2.05, 4.69) is 20.4 Å². The SMILES string of the molecule is COC(=O)c1ccc(C)c(-n2cc(-c3cccc4c(NCc5ccc(OC)cc5OC)ncnc34)cn2)c1. The Morgan fingerprint density at radius 2 is 1.87 bits per heavy atom. The molecule has 0 aliphatic rings. The lowest BCUT2D eigenvalue weighted by molar-refractivity contribution is 0.0600. The summed E-state index contributed by atoms with van der Waals surface area (Å²) < 4.78 is 17.5. The average Bonchev–Trinajstić information content (AvgIpc) is 3.45. The Bertz CT molecular complexity index is 1630. The topological polar surface area (TPSA) is 100 Å². The fourth-order valence-electron chi connectivity index (χ4n) is 4.33. The van der Waals surface area contributed by atoms with Crippen LogP contribution < -0.4 is 14.8 Å². The van der Waals surface area contributed by atoms with Gasteiger partial charge in [0.25, 0.3) is 0 Å². The first kappa shape index (κ1) is 24.8. The average molecular weight is 510 g/mol. The predicted octanol–water partition coefficient (Wildman–Crippen LogP) is 5.21. The van der Waals surface area contributed by atoms with E-state index in [1.807, 2.05) is 55.6 Å². The van der Waals surface area contributed by atoms with Crippen LogP contribution in [0.5, 0.6) is 11.5 Å². The van der Waals surface area contributed by atoms with Gasteiger partial charge in [-0.3, -0.25) is 0 Å². The van der Waals surface area contributed by atoms with Crippen molar-refractivity contribution in [3.05, 3.63) is 90.0 Å². The van der Waals surface area contributed by atoms with Gasteiger partial charge in [-0.05, 0) is 42.8 Å². The number of hydrogen-bond acceptors (Lipinski definition) is 8. The normalized spacial score (nSPS) is 10.8. The van der Waals surface area contributed by atoms with E-state index in [1.54, 1.807) is 43.6 Å². The van der Waals surface area contributed by atoms with Crippen molar-refractivity contribution < 1.29 is 19.0 Å². The van der Waals surface area contributed by atoms with Crippen LogP contribution in [0.25, 0.3) is 27.7 Å². The number of aryl methyl sites for hydroxylation is 1. The molecule has 38 heavy (non-hydrogen) atoms. The maximum absolute atomic E-state index is 12.0. The van der Waals surface area contributed by atoms with Crippen molar-refractivity contribution in [1.82, 2.24) is 19.7 Å². The van der Waals surface area contributed by atoms with Gasteiger partial charge in [0.2, 0.25) is 0 Å². The number of fused-ring (bicyclic) bond motifs is 1. The molecular formula is C29H27N5O4. The molecule has 5 aromatic rings. The van der Waals surface area contributed by atoms with E-state index in [0.717, 1.165) is 50.3 Å². The second-order valence-corrected chi connectivity index (χ2v) is 8.62. The Morgan fingerprint density at radius 1 is 1.00 bits per heavy atom. The number of ether oxygens (including phenoxy) is 3. The number of anilines is 1. The lowest BCUT2D eigenvalue weighted by Crippen LogP contribution is -2.05. The number of rotatable bonds is 8. The number of hydrogen-bond donors (Lipinski definition) is 1. The molecule has 0 amide bonds. The molecule has 0 fully saturated rings. The largest absolute Gasteiger partial charge is 0.497 e. The summed E-state index contributed by atoms with van der Waals surface area (Å²) in [6.45, 7) is 2.48. The van der Waals surface area contributed by atoms with Crippen LogP contribution in [0.4, 0.5) is 5.82 Å². The van der Waals surface area contributed by atoms with Gasteiger partial charge in [-0.1, -0.05) is 18.2 Å². The van der Waals surface area contributed by atoms with Crippen molar-refractivity contribution in [1.29, 1.82) is 0 Å². The third kappa shape index (κ3) is 4.73. The molecule has 0 saturated heterocycles. The Morgan fingerprint density at radius 3 is 2.66 bits per heavy atom. The zero-order chi connectivity index (χ0) is 26.6. The molecule has 0 atom stereocenters. The minimum atomic E-state index is -0.392. The van der Waals surface area contributed by atoms with Crippen LogP contribution in [0.3, 0.4) is 0 Å². The van der Waals surface area contributed by atoms with E-state index < -0.39 is 5.97 Å². The fourth-order valence-corrected chi connectivity index (χ4v) is 4.33. The van der Waals surface area contributed by atoms with E-state index in [-0.39, 0.29) is 0 Å². The van der Waals surface area contributed by atoms with E-state index in [9.17, 15) is 4.79 Å². The second kappa shape index (κ2) is 10.6. The highest BCUT2D eigenvalue weighted by atomic mass is 16.5. The summed E-state index contributed by atoms with van der Waals surface area (Å²) in [5.41, 5.74) is 5.82. The van der Waals surface area contributed by atoms with Gasteiger partial charge >= 0.3 is 5.97 Å². The summed E-state index contributed by atoms with van der Waals surface area (Å²) in [6.07, 6.45) is 5.26. The maximum Gasteiger partial charge on any atom is 0.337 e. The Hall–Kier alpha value is -4.92. The van der Waals surface area contributed by atoms with E-state index in [0.29, 0.717) is 17.9 Å². The number of nitrogens with zero attached hydrogens (tertiary/aromatic N) is 4. The van der Waals surface area contributed by atoms with Crippen molar-refractivity contribution in [2.24, 2.45) is 0 Å². The van der Waals surface area contributed by atoms with E-state index >= 15 is 0 Å². The molecule has 9 heteroatoms. The molecule has 192 valence electrons. The van der Waals surface area contributed by atoms with Gasteiger partial charge < -0.3 is 19.5 Å². The van der Waals surface area contributed by atoms with E-state index in [1.165, 1.54) is 7.11 Å². The van der Waals surface area contributed by atoms with Crippen LogP contribution in [-0.2, 0) is 11.3 Å². The number of aromatic nitrogens is 4. The van der Waals surface area contributed by atoms with Crippen molar-refractivity contribution in [3.63, 3.8) is 0 Å². The van der Waals surface area contributed by atoms with Crippen molar-refractivity contribution >= 4 is 22.7 Å². The minimum Gasteiger partial charge on any atom is -0.497 e. The summed E-state index contributed by atoms with van der Waals surface area (Å²) in [5, 5.41) is 8.87. The first-order chi connectivity index (χ1) is 18.5. The predicted molar refractivity (Wildman–Crippen MR) is 145 cm³/mol. The maximum atomic E-state index is 12.0. The van der Waals surface area contributed by atoms with Gasteiger partial charge in [0.15, 0.2) is 0 Å². The van der Waals surface area contributed by atoms with Crippen LogP contribution in [0.15, 0.2) is 73.3 Å². The van der Waals surface area contributed by atoms with Crippen molar-refractivity contribution in [2.45, 2.75) is 13.5 Å². The molecule has 0 aliphatic heterocycles. The number of nitrogens with one attached hydrogen (secondary N) is 1. The zero-order valence-corrected chi connectivity index (χ0v) is 21.6. The number of benzene rings is 3. The molecule has 1 N–H and O–H groups in total. The minimum absolute atomic E-state index is 0.392. The van der Waals surface area contributed by atoms with Gasteiger partial charge in [0, 0.05) is 40.9 Å². The van der Waals surface area contributed by atoms with Crippen LogP contribution in [0.2, 0.25) is 0 Å². The van der Waals surface area contributed by atoms with Gasteiger partial charge in [0.05, 0.1) is 44.3 Å². The molecule has 0 aliphatic carbocycles. The third-order valence-corrected chi connectivity index (χ3v) is 6.38. The molecule has 5 rings (SSSR count). The van der Waals surface area contributed by atoms with Gasteiger partial charge in [-0.25, -0.2) is 19.4 Å². The van der Waals surface area contributed by atoms with Crippen LogP contribution in [0, 0.1) is 6.92 Å². The van der Waals surface area contributed by atoms with Crippen LogP contribution >= 0.6 is 0 Å². The van der Waals surface area contributed by atoms with E-state index in [4.69, 9.17) is 14.2 Å². The highest BCUT2D eigenvalue weighted by Gasteiger charge is 2.14. The molecule has 0 radical (unpaired) electrons. The zero-order valence-electron chi connectivity index (χ0n) is 21.6. The molecule has 3 aromatic carbocycles. The third-order valence-electron chi connectivity index (χ3n) is 6.38. The first-order valence-corrected chi connectivity index (χ1v) is 11.9. The van der Waals surface area contributed by atoms with Crippen molar-refractivity contribution in [2.75, 3.05) is 26.6 Å². The quantitative estimate of drug-likeness (QED) is 0.285. The molecule has 0 unspecified atom stereocenters. The van der Waals surface area contributed by atoms with Gasteiger partial charge in [0.1, 0.15) is 23.6 Å². The summed E-state index contributed by atoms with van der Waals surface area (Å²) in [6, 6.07) is 17.1. The molecular weight excluding hydrogens is 482 g/mol. The lowest BCUT2D eigenvalue weighted by atomic mass is 10.1. The number of carbonyl (C=O) groups is 1. The van der Waals surface area contributed by atoms with Crippen LogP contribution in [-0.4, -0.2) is 47.0 Å².